The van der Waals surface area contributed by atoms with E-state index in [0.717, 1.165) is 29.3 Å². The van der Waals surface area contributed by atoms with E-state index in [1.54, 1.807) is 6.20 Å². The molecule has 2 heterocycles. The molecule has 0 unspecified atom stereocenters. The molecule has 9 nitrogen and oxygen atoms in total. The summed E-state index contributed by atoms with van der Waals surface area (Å²) in [6.07, 6.45) is 2.79. The summed E-state index contributed by atoms with van der Waals surface area (Å²) in [7, 11) is 1.90. The molecule has 1 saturated carbocycles. The van der Waals surface area contributed by atoms with Crippen LogP contribution in [-0.2, 0) is 11.0 Å². The molecule has 0 saturated heterocycles. The first-order chi connectivity index (χ1) is 19.8. The molecule has 41 heavy (non-hydrogen) atoms. The van der Waals surface area contributed by atoms with E-state index >= 15 is 0 Å². The zero-order valence-corrected chi connectivity index (χ0v) is 23.2. The largest absolute Gasteiger partial charge is 0.416 e. The van der Waals surface area contributed by atoms with Gasteiger partial charge in [-0.2, -0.15) is 23.3 Å². The van der Waals surface area contributed by atoms with Crippen molar-refractivity contribution in [1.29, 1.82) is 0 Å². The smallest absolute Gasteiger partial charge is 0.388 e. The maximum Gasteiger partial charge on any atom is 0.416 e. The second-order valence-corrected chi connectivity index (χ2v) is 8.87. The van der Waals surface area contributed by atoms with Gasteiger partial charge in [0.05, 0.1) is 5.56 Å². The van der Waals surface area contributed by atoms with Gasteiger partial charge in [-0.1, -0.05) is 32.8 Å². The summed E-state index contributed by atoms with van der Waals surface area (Å²) in [5.41, 5.74) is 2.55. The zero-order valence-electron chi connectivity index (χ0n) is 23.2. The summed E-state index contributed by atoms with van der Waals surface area (Å²) in [6.45, 7) is 4.00. The number of aromatic nitrogens is 4. The molecule has 0 spiro atoms. The summed E-state index contributed by atoms with van der Waals surface area (Å²) in [5, 5.41) is 19.2. The van der Waals surface area contributed by atoms with Crippen molar-refractivity contribution in [1.82, 2.24) is 20.2 Å². The van der Waals surface area contributed by atoms with Gasteiger partial charge in [0.15, 0.2) is 5.82 Å². The van der Waals surface area contributed by atoms with Crippen LogP contribution in [0, 0.1) is 0 Å². The number of aromatic amines is 1. The van der Waals surface area contributed by atoms with Crippen molar-refractivity contribution in [3.63, 3.8) is 0 Å². The highest BCUT2D eigenvalue weighted by Gasteiger charge is 2.30. The highest BCUT2D eigenvalue weighted by Crippen LogP contribution is 2.34. The minimum absolute atomic E-state index is 0.129. The normalized spacial score (nSPS) is 12.7. The van der Waals surface area contributed by atoms with Gasteiger partial charge in [-0.3, -0.25) is 9.89 Å². The van der Waals surface area contributed by atoms with Gasteiger partial charge >= 0.3 is 6.18 Å². The van der Waals surface area contributed by atoms with Crippen molar-refractivity contribution in [3.05, 3.63) is 78.1 Å². The maximum atomic E-state index is 12.1. The lowest BCUT2D eigenvalue weighted by molar-refractivity contribution is -0.137. The number of rotatable bonds is 8. The summed E-state index contributed by atoms with van der Waals surface area (Å²) in [4.78, 5) is 18.7. The Balaban J connectivity index is 0.000000261. The van der Waals surface area contributed by atoms with Crippen molar-refractivity contribution < 1.29 is 18.0 Å². The van der Waals surface area contributed by atoms with E-state index in [-0.39, 0.29) is 5.69 Å². The number of H-pyrrole nitrogens is 1. The molecule has 0 aliphatic heterocycles. The average molecular weight is 569 g/mol. The number of alkyl halides is 3. The number of benzene rings is 2. The maximum absolute atomic E-state index is 12.1. The number of halogens is 3. The van der Waals surface area contributed by atoms with E-state index in [2.05, 4.69) is 47.5 Å². The second-order valence-electron chi connectivity index (χ2n) is 8.87. The molecule has 5 rings (SSSR count). The lowest BCUT2D eigenvalue weighted by Gasteiger charge is -2.08. The molecule has 218 valence electrons. The molecule has 0 radical (unpaired) electrons. The fourth-order valence-electron chi connectivity index (χ4n) is 4.17. The van der Waals surface area contributed by atoms with Crippen molar-refractivity contribution >= 4 is 41.1 Å². The third-order valence-corrected chi connectivity index (χ3v) is 6.15. The topological polar surface area (TPSA) is 120 Å². The van der Waals surface area contributed by atoms with Gasteiger partial charge in [-0.05, 0) is 61.4 Å². The van der Waals surface area contributed by atoms with Crippen LogP contribution in [0.15, 0.2) is 66.9 Å². The van der Waals surface area contributed by atoms with Crippen LogP contribution in [-0.4, -0.2) is 33.6 Å². The molecule has 2 aromatic carbocycles. The number of nitrogens with zero attached hydrogens (tertiary/aromatic N) is 3. The van der Waals surface area contributed by atoms with Crippen LogP contribution < -0.4 is 21.3 Å². The van der Waals surface area contributed by atoms with Gasteiger partial charge in [0.1, 0.15) is 5.82 Å². The molecule has 0 bridgehead atoms. The number of hydrogen-bond acceptors (Lipinski definition) is 7. The SMILES string of the molecule is CC.CNc1ccc(Nc2nccc(Nc3cc(C4CCCC4)[nH]n3)n2)cc1.O=CNc1cccc(C(F)(F)F)c1. The quantitative estimate of drug-likeness (QED) is 0.138. The number of amides is 1. The lowest BCUT2D eigenvalue weighted by Crippen LogP contribution is -2.05. The van der Waals surface area contributed by atoms with Crippen molar-refractivity contribution in [2.24, 2.45) is 0 Å². The number of carbonyl (C=O) groups is 1. The van der Waals surface area contributed by atoms with Crippen LogP contribution in [0.1, 0.15) is 56.7 Å². The molecule has 2 aromatic heterocycles. The minimum atomic E-state index is -4.37. The molecule has 5 N–H and O–H groups in total. The monoisotopic (exact) mass is 568 g/mol. The standard InChI is InChI=1S/C19H23N7.C8H6F3NO.C2H6/c1-20-14-6-8-15(9-7-14)22-19-21-11-10-17(24-19)23-18-12-16(25-26-18)13-4-2-3-5-13;9-8(10,11)6-2-1-3-7(4-6)12-5-13;1-2/h6-13,20H,2-5H2,1H3,(H3,21,22,23,24,25,26);1-5H,(H,12,13);1-2H3. The van der Waals surface area contributed by atoms with Gasteiger partial charge in [-0.25, -0.2) is 4.98 Å². The van der Waals surface area contributed by atoms with E-state index in [0.29, 0.717) is 24.1 Å². The number of carbonyl (C=O) groups excluding carboxylic acids is 1. The zero-order chi connectivity index (χ0) is 29.7. The van der Waals surface area contributed by atoms with E-state index in [9.17, 15) is 18.0 Å². The Morgan fingerprint density at radius 1 is 0.902 bits per heavy atom. The van der Waals surface area contributed by atoms with Crippen LogP contribution in [0.3, 0.4) is 0 Å². The predicted molar refractivity (Wildman–Crippen MR) is 157 cm³/mol. The number of nitrogens with one attached hydrogen (secondary N) is 5. The van der Waals surface area contributed by atoms with E-state index in [1.807, 2.05) is 51.2 Å². The van der Waals surface area contributed by atoms with Gasteiger partial charge in [0.2, 0.25) is 12.4 Å². The Labute approximate surface area is 237 Å². The molecular weight excluding hydrogens is 533 g/mol. The fraction of sp³-hybridized carbons (Fsp3) is 0.310. The molecule has 12 heteroatoms. The van der Waals surface area contributed by atoms with E-state index < -0.39 is 11.7 Å². The lowest BCUT2D eigenvalue weighted by atomic mass is 10.0. The van der Waals surface area contributed by atoms with Crippen molar-refractivity contribution in [3.8, 4) is 0 Å². The van der Waals surface area contributed by atoms with Crippen molar-refractivity contribution in [2.75, 3.05) is 28.3 Å². The second kappa shape index (κ2) is 15.2. The van der Waals surface area contributed by atoms with Gasteiger partial charge in [-0.15, -0.1) is 0 Å². The molecular formula is C29H35F3N8O. The molecule has 1 fully saturated rings. The summed E-state index contributed by atoms with van der Waals surface area (Å²) < 4.78 is 36.3. The Morgan fingerprint density at radius 3 is 2.27 bits per heavy atom. The Hall–Kier alpha value is -4.61. The minimum Gasteiger partial charge on any atom is -0.388 e. The predicted octanol–water partition coefficient (Wildman–Crippen LogP) is 7.69. The molecule has 1 amide bonds. The average Bonchev–Trinajstić information content (AvgIpc) is 3.68. The van der Waals surface area contributed by atoms with Gasteiger partial charge in [0, 0.05) is 48.0 Å². The van der Waals surface area contributed by atoms with Crippen LogP contribution >= 0.6 is 0 Å². The first kappa shape index (κ1) is 30.9. The molecule has 0 atom stereocenters. The highest BCUT2D eigenvalue weighted by atomic mass is 19.4. The first-order valence-corrected chi connectivity index (χ1v) is 13.4. The summed E-state index contributed by atoms with van der Waals surface area (Å²) in [6, 6.07) is 16.3. The molecule has 4 aromatic rings. The fourth-order valence-corrected chi connectivity index (χ4v) is 4.17. The number of anilines is 6. The Morgan fingerprint density at radius 2 is 1.61 bits per heavy atom. The summed E-state index contributed by atoms with van der Waals surface area (Å²) in [5.74, 6) is 2.65. The van der Waals surface area contributed by atoms with Crippen LogP contribution in [0.25, 0.3) is 0 Å². The number of hydrogen-bond donors (Lipinski definition) is 5. The third kappa shape index (κ3) is 9.52. The summed E-state index contributed by atoms with van der Waals surface area (Å²) >= 11 is 0. The third-order valence-electron chi connectivity index (χ3n) is 6.15. The van der Waals surface area contributed by atoms with Crippen LogP contribution in [0.5, 0.6) is 0 Å². The van der Waals surface area contributed by atoms with Gasteiger partial charge < -0.3 is 21.3 Å². The Bertz CT molecular complexity index is 1350. The van der Waals surface area contributed by atoms with E-state index in [4.69, 9.17) is 0 Å². The van der Waals surface area contributed by atoms with Crippen LogP contribution in [0.2, 0.25) is 0 Å². The van der Waals surface area contributed by atoms with E-state index in [1.165, 1.54) is 43.5 Å². The first-order valence-electron chi connectivity index (χ1n) is 13.4. The van der Waals surface area contributed by atoms with Gasteiger partial charge in [0.25, 0.3) is 0 Å². The highest BCUT2D eigenvalue weighted by molar-refractivity contribution is 5.71. The molecule has 1 aliphatic rings. The van der Waals surface area contributed by atoms with Crippen molar-refractivity contribution in [2.45, 2.75) is 51.6 Å². The molecule has 1 aliphatic carbocycles. The van der Waals surface area contributed by atoms with Crippen LogP contribution in [0.4, 0.5) is 47.8 Å². The Kier molecular flexibility index (Phi) is 11.5.